The Morgan fingerprint density at radius 3 is 2.11 bits per heavy atom. The normalized spacial score (nSPS) is 20.0. The third kappa shape index (κ3) is 5.46. The van der Waals surface area contributed by atoms with Gasteiger partial charge in [-0.05, 0) is 85.6 Å². The van der Waals surface area contributed by atoms with E-state index in [4.69, 9.17) is 0 Å². The van der Waals surface area contributed by atoms with Gasteiger partial charge >= 0.3 is 0 Å². The van der Waals surface area contributed by atoms with E-state index in [9.17, 15) is 17.6 Å². The van der Waals surface area contributed by atoms with Crippen LogP contribution < -0.4 is 0 Å². The number of benzene rings is 2. The Hall–Kier alpha value is -2.10. The van der Waals surface area contributed by atoms with Crippen LogP contribution in [0.4, 0.5) is 17.6 Å². The van der Waals surface area contributed by atoms with Crippen molar-refractivity contribution in [1.29, 1.82) is 0 Å². The summed E-state index contributed by atoms with van der Waals surface area (Å²) in [6.45, 7) is -0.282. The van der Waals surface area contributed by atoms with E-state index in [0.29, 0.717) is 29.4 Å². The van der Waals surface area contributed by atoms with E-state index in [1.54, 1.807) is 0 Å². The van der Waals surface area contributed by atoms with Crippen molar-refractivity contribution in [3.63, 3.8) is 0 Å². The van der Waals surface area contributed by atoms with Gasteiger partial charge in [0.1, 0.15) is 0 Å². The summed E-state index contributed by atoms with van der Waals surface area (Å²) in [5.74, 6) is -2.47. The van der Waals surface area contributed by atoms with E-state index < -0.39 is 17.5 Å². The zero-order chi connectivity index (χ0) is 19.9. The van der Waals surface area contributed by atoms with Crippen LogP contribution in [-0.2, 0) is 6.42 Å². The summed E-state index contributed by atoms with van der Waals surface area (Å²) in [4.78, 5) is 0. The molecule has 1 aliphatic rings. The average molecular weight is 390 g/mol. The predicted octanol–water partition coefficient (Wildman–Crippen LogP) is 7.43. The molecule has 3 rings (SSSR count). The smallest absolute Gasteiger partial charge is 0.194 e. The molecule has 0 amide bonds. The maximum atomic E-state index is 13.4. The van der Waals surface area contributed by atoms with Crippen molar-refractivity contribution in [2.45, 2.75) is 44.9 Å². The van der Waals surface area contributed by atoms with Crippen molar-refractivity contribution >= 4 is 0 Å². The van der Waals surface area contributed by atoms with Crippen LogP contribution in [0.2, 0.25) is 0 Å². The molecule has 2 aromatic rings. The number of hydrogen-bond acceptors (Lipinski definition) is 0. The zero-order valence-corrected chi connectivity index (χ0v) is 15.9. The highest BCUT2D eigenvalue weighted by Crippen LogP contribution is 2.32. The molecule has 0 aliphatic heterocycles. The fraction of sp³-hybridized carbons (Fsp3) is 0.417. The number of aryl methyl sites for hydroxylation is 1. The van der Waals surface area contributed by atoms with Crippen LogP contribution in [-0.4, -0.2) is 6.67 Å². The van der Waals surface area contributed by atoms with Crippen LogP contribution in [0.5, 0.6) is 0 Å². The molecule has 0 saturated heterocycles. The van der Waals surface area contributed by atoms with Crippen molar-refractivity contribution in [2.75, 3.05) is 6.67 Å². The Labute approximate surface area is 164 Å². The maximum Gasteiger partial charge on any atom is 0.194 e. The molecular formula is C24H26F4. The van der Waals surface area contributed by atoms with Gasteiger partial charge < -0.3 is 0 Å². The second kappa shape index (κ2) is 9.90. The maximum absolute atomic E-state index is 13.4. The Morgan fingerprint density at radius 2 is 1.50 bits per heavy atom. The number of alkyl halides is 1. The fourth-order valence-corrected chi connectivity index (χ4v) is 3.98. The van der Waals surface area contributed by atoms with Gasteiger partial charge in [-0.15, -0.1) is 0 Å². The number of halogens is 4. The van der Waals surface area contributed by atoms with E-state index in [1.165, 1.54) is 31.2 Å². The Kier molecular flexibility index (Phi) is 7.30. The van der Waals surface area contributed by atoms with Gasteiger partial charge in [0, 0.05) is 0 Å². The number of allylic oxidation sites excluding steroid dienone is 2. The Balaban J connectivity index is 1.50. The number of rotatable bonds is 7. The molecule has 150 valence electrons. The van der Waals surface area contributed by atoms with Crippen LogP contribution in [0, 0.1) is 29.3 Å². The molecule has 0 aromatic heterocycles. The van der Waals surface area contributed by atoms with Gasteiger partial charge in [-0.2, -0.15) is 0 Å². The first-order valence-electron chi connectivity index (χ1n) is 10.0. The highest BCUT2D eigenvalue weighted by Gasteiger charge is 2.19. The van der Waals surface area contributed by atoms with Crippen LogP contribution >= 0.6 is 0 Å². The Bertz CT molecular complexity index is 764. The van der Waals surface area contributed by atoms with Crippen LogP contribution in [0.15, 0.2) is 48.6 Å². The van der Waals surface area contributed by atoms with Crippen LogP contribution in [0.1, 0.15) is 44.1 Å². The third-order valence-electron chi connectivity index (χ3n) is 5.69. The van der Waals surface area contributed by atoms with Gasteiger partial charge in [0.25, 0.3) is 0 Å². The van der Waals surface area contributed by atoms with Crippen molar-refractivity contribution in [2.24, 2.45) is 11.8 Å². The van der Waals surface area contributed by atoms with Gasteiger partial charge in [-0.25, -0.2) is 13.2 Å². The highest BCUT2D eigenvalue weighted by molar-refractivity contribution is 5.63. The quantitative estimate of drug-likeness (QED) is 0.262. The first kappa shape index (κ1) is 20.6. The molecule has 1 fully saturated rings. The van der Waals surface area contributed by atoms with Crippen LogP contribution in [0.25, 0.3) is 11.1 Å². The van der Waals surface area contributed by atoms with Gasteiger partial charge in [0.2, 0.25) is 0 Å². The highest BCUT2D eigenvalue weighted by atomic mass is 19.2. The molecule has 0 spiro atoms. The van der Waals surface area contributed by atoms with Gasteiger partial charge in [-0.1, -0.05) is 36.4 Å². The lowest BCUT2D eigenvalue weighted by Gasteiger charge is -2.26. The fourth-order valence-electron chi connectivity index (χ4n) is 3.98. The largest absolute Gasteiger partial charge is 0.251 e. The summed E-state index contributed by atoms with van der Waals surface area (Å²) < 4.78 is 52.1. The SMILES string of the molecule is FCCC=C[C@H]1CC[C@H](CCc2ccc(-c3cc(F)c(F)c(F)c3)cc2)CC1. The van der Waals surface area contributed by atoms with E-state index in [1.807, 2.05) is 30.3 Å². The van der Waals surface area contributed by atoms with Gasteiger partial charge in [0.15, 0.2) is 17.5 Å². The summed E-state index contributed by atoms with van der Waals surface area (Å²) in [5.41, 5.74) is 2.20. The average Bonchev–Trinajstić information content (AvgIpc) is 2.71. The molecule has 0 unspecified atom stereocenters. The van der Waals surface area contributed by atoms with E-state index in [-0.39, 0.29) is 6.67 Å². The second-order valence-electron chi connectivity index (χ2n) is 7.68. The minimum atomic E-state index is -1.44. The lowest BCUT2D eigenvalue weighted by Crippen LogP contribution is -2.13. The van der Waals surface area contributed by atoms with E-state index in [2.05, 4.69) is 6.08 Å². The number of hydrogen-bond donors (Lipinski definition) is 0. The van der Waals surface area contributed by atoms with Crippen molar-refractivity contribution in [1.82, 2.24) is 0 Å². The van der Waals surface area contributed by atoms with Crippen molar-refractivity contribution in [3.8, 4) is 11.1 Å². The molecule has 2 aromatic carbocycles. The molecule has 0 nitrogen and oxygen atoms in total. The van der Waals surface area contributed by atoms with Crippen molar-refractivity contribution < 1.29 is 17.6 Å². The lowest BCUT2D eigenvalue weighted by molar-refractivity contribution is 0.296. The van der Waals surface area contributed by atoms with Crippen LogP contribution in [0.3, 0.4) is 0 Å². The summed E-state index contributed by atoms with van der Waals surface area (Å²) in [6.07, 6.45) is 11.5. The van der Waals surface area contributed by atoms with E-state index in [0.717, 1.165) is 25.0 Å². The summed E-state index contributed by atoms with van der Waals surface area (Å²) in [6, 6.07) is 9.64. The molecule has 1 aliphatic carbocycles. The van der Waals surface area contributed by atoms with Gasteiger partial charge in [-0.3, -0.25) is 4.39 Å². The molecule has 0 atom stereocenters. The molecule has 0 bridgehead atoms. The molecule has 0 N–H and O–H groups in total. The molecule has 0 radical (unpaired) electrons. The minimum absolute atomic E-state index is 0.282. The van der Waals surface area contributed by atoms with Gasteiger partial charge in [0.05, 0.1) is 6.67 Å². The molecular weight excluding hydrogens is 364 g/mol. The summed E-state index contributed by atoms with van der Waals surface area (Å²) in [5, 5.41) is 0. The molecule has 4 heteroatoms. The van der Waals surface area contributed by atoms with Crippen molar-refractivity contribution in [3.05, 3.63) is 71.6 Å². The first-order valence-corrected chi connectivity index (χ1v) is 10.0. The molecule has 28 heavy (non-hydrogen) atoms. The minimum Gasteiger partial charge on any atom is -0.251 e. The molecule has 1 saturated carbocycles. The predicted molar refractivity (Wildman–Crippen MR) is 105 cm³/mol. The standard InChI is InChI=1S/C24H26F4/c25-14-2-1-3-17-4-6-18(7-5-17)8-9-19-10-12-20(13-11-19)21-15-22(26)24(28)23(27)16-21/h1,3,10-13,15-18H,2,4-9,14H2/t17-,18-. The van der Waals surface area contributed by atoms with E-state index >= 15 is 0 Å². The lowest BCUT2D eigenvalue weighted by atomic mass is 9.79. The topological polar surface area (TPSA) is 0 Å². The second-order valence-corrected chi connectivity index (χ2v) is 7.68. The summed E-state index contributed by atoms with van der Waals surface area (Å²) >= 11 is 0. The third-order valence-corrected chi connectivity index (χ3v) is 5.69. The monoisotopic (exact) mass is 390 g/mol. The molecule has 0 heterocycles. The summed E-state index contributed by atoms with van der Waals surface area (Å²) in [7, 11) is 0. The zero-order valence-electron chi connectivity index (χ0n) is 15.9. The Morgan fingerprint density at radius 1 is 0.857 bits per heavy atom. The first-order chi connectivity index (χ1) is 13.6.